The Labute approximate surface area is 65.3 Å². The molecule has 0 aliphatic heterocycles. The second-order valence-corrected chi connectivity index (χ2v) is 0. The molecule has 0 amide bonds. The molecule has 0 atom stereocenters. The zero-order chi connectivity index (χ0) is 0. The van der Waals surface area contributed by atoms with Crippen molar-refractivity contribution in [2.24, 2.45) is 0 Å². The summed E-state index contributed by atoms with van der Waals surface area (Å²) in [6, 6.07) is 0. The molecule has 0 aromatic heterocycles. The van der Waals surface area contributed by atoms with Crippen LogP contribution in [-0.2, 0) is 19.5 Å². The van der Waals surface area contributed by atoms with E-state index in [1.807, 2.05) is 0 Å². The molecule has 0 heterocycles. The van der Waals surface area contributed by atoms with Crippen LogP contribution in [0.2, 0.25) is 0 Å². The molecule has 0 aromatic rings. The van der Waals surface area contributed by atoms with Crippen LogP contribution >= 0.6 is 12.4 Å². The Balaban J connectivity index is 0. The third-order valence-corrected chi connectivity index (χ3v) is 0. The maximum Gasteiger partial charge on any atom is 0 e. The van der Waals surface area contributed by atoms with Crippen LogP contribution in [0.15, 0.2) is 0 Å². The Morgan fingerprint density at radius 2 is 0.375 bits per heavy atom. The first-order valence-electron chi connectivity index (χ1n) is 0. The minimum atomic E-state index is 0. The summed E-state index contributed by atoms with van der Waals surface area (Å²) >= 11 is 0. The Morgan fingerprint density at radius 3 is 0.375 bits per heavy atom. The van der Waals surface area contributed by atoms with Crippen LogP contribution in [-0.4, -0.2) is 32.9 Å². The molecule has 0 saturated carbocycles. The molecule has 0 saturated heterocycles. The number of hydrogen-bond donors (Lipinski definition) is 0. The molecule has 0 aliphatic carbocycles. The second-order valence-electron chi connectivity index (χ2n) is 0. The van der Waals surface area contributed by atoms with Gasteiger partial charge in [-0.25, -0.2) is 0 Å². The van der Waals surface area contributed by atoms with E-state index in [9.17, 15) is 0 Å². The fraction of sp³-hybridized carbons (Fsp3) is 0. The monoisotopic (exact) mass is 246 g/mol. The summed E-state index contributed by atoms with van der Waals surface area (Å²) in [6.45, 7) is 0. The third kappa shape index (κ3) is 474. The molecular weight excluding hydrogens is 233 g/mol. The van der Waals surface area contributed by atoms with E-state index in [0.717, 1.165) is 0 Å². The van der Waals surface area contributed by atoms with Gasteiger partial charge < -0.3 is 32.9 Å². The Hall–Kier alpha value is 0.673. The van der Waals surface area contributed by atoms with Gasteiger partial charge in [-0.2, -0.15) is 0 Å². The van der Waals surface area contributed by atoms with Gasteiger partial charge in [-0.15, -0.1) is 12.4 Å². The van der Waals surface area contributed by atoms with E-state index < -0.39 is 0 Å². The van der Waals surface area contributed by atoms with Gasteiger partial charge in [0.2, 0.25) is 0 Å². The van der Waals surface area contributed by atoms with Gasteiger partial charge in [0.1, 0.15) is 0 Å². The predicted molar refractivity (Wildman–Crippen MR) is 28.9 cm³/mol. The van der Waals surface area contributed by atoms with Gasteiger partial charge in [-0.1, -0.05) is 0 Å². The van der Waals surface area contributed by atoms with Crippen molar-refractivity contribution in [2.75, 3.05) is 0 Å². The number of rotatable bonds is 0. The zero-order valence-corrected chi connectivity index (χ0v) is 6.32. The van der Waals surface area contributed by atoms with Crippen LogP contribution in [0, 0.1) is 0 Å². The van der Waals surface area contributed by atoms with Gasteiger partial charge in [0, 0.05) is 19.5 Å². The zero-order valence-electron chi connectivity index (χ0n) is 3.76. The van der Waals surface area contributed by atoms with Crippen molar-refractivity contribution in [1.29, 1.82) is 0 Å². The predicted octanol–water partition coefficient (Wildman–Crippen LogP) is -4.53. The second kappa shape index (κ2) is 754. The first-order valence-corrected chi connectivity index (χ1v) is 0. The topological polar surface area (TPSA) is 189 Å². The van der Waals surface area contributed by atoms with Crippen molar-refractivity contribution in [3.05, 3.63) is 0 Å². The Bertz CT molecular complexity index is 8.49. The summed E-state index contributed by atoms with van der Waals surface area (Å²) in [4.78, 5) is 0. The molecule has 0 unspecified atom stereocenters. The van der Waals surface area contributed by atoms with Crippen LogP contribution in [0.3, 0.4) is 0 Å². The maximum atomic E-state index is 0. The molecule has 0 aromatic carbocycles. The van der Waals surface area contributed by atoms with Crippen LogP contribution in [0.5, 0.6) is 0 Å². The molecule has 0 fully saturated rings. The van der Waals surface area contributed by atoms with Gasteiger partial charge in [0.15, 0.2) is 0 Å². The van der Waals surface area contributed by atoms with Gasteiger partial charge in [0.25, 0.3) is 0 Å². The average Bonchev–Trinajstić information content (AvgIpc) is 0. The van der Waals surface area contributed by atoms with Crippen molar-refractivity contribution in [3.8, 4) is 0 Å². The average molecular weight is 246 g/mol. The molecule has 0 radical (unpaired) electrons. The molecule has 6 nitrogen and oxygen atoms in total. The molecular formula is H13ClO6Ru. The van der Waals surface area contributed by atoms with E-state index >= 15 is 0 Å². The molecule has 0 bridgehead atoms. The first-order chi connectivity index (χ1) is 0. The van der Waals surface area contributed by atoms with Crippen molar-refractivity contribution < 1.29 is 52.3 Å². The van der Waals surface area contributed by atoms with E-state index in [-0.39, 0.29) is 64.7 Å². The summed E-state index contributed by atoms with van der Waals surface area (Å²) in [5, 5.41) is 0. The van der Waals surface area contributed by atoms with E-state index in [1.54, 1.807) is 0 Å². The molecule has 0 rings (SSSR count). The smallest absolute Gasteiger partial charge is 0 e. The van der Waals surface area contributed by atoms with Crippen LogP contribution < -0.4 is 0 Å². The van der Waals surface area contributed by atoms with E-state index in [0.29, 0.717) is 0 Å². The molecule has 0 aliphatic rings. The van der Waals surface area contributed by atoms with Gasteiger partial charge in [0.05, 0.1) is 0 Å². The molecule has 8 heavy (non-hydrogen) atoms. The molecule has 8 heteroatoms. The van der Waals surface area contributed by atoms with Crippen molar-refractivity contribution in [2.45, 2.75) is 0 Å². The van der Waals surface area contributed by atoms with Crippen molar-refractivity contribution in [3.63, 3.8) is 0 Å². The first kappa shape index (κ1) is 1130. The largest absolute Gasteiger partial charge is 0.412 e. The molecule has 0 spiro atoms. The van der Waals surface area contributed by atoms with E-state index in [2.05, 4.69) is 0 Å². The summed E-state index contributed by atoms with van der Waals surface area (Å²) in [5.41, 5.74) is 0. The summed E-state index contributed by atoms with van der Waals surface area (Å²) < 4.78 is 0. The summed E-state index contributed by atoms with van der Waals surface area (Å²) in [5.74, 6) is 0. The van der Waals surface area contributed by atoms with E-state index in [1.165, 1.54) is 0 Å². The van der Waals surface area contributed by atoms with Crippen LogP contribution in [0.25, 0.3) is 0 Å². The van der Waals surface area contributed by atoms with E-state index in [4.69, 9.17) is 0 Å². The molecule has 64 valence electrons. The summed E-state index contributed by atoms with van der Waals surface area (Å²) in [6.07, 6.45) is 0. The van der Waals surface area contributed by atoms with Crippen molar-refractivity contribution in [1.82, 2.24) is 0 Å². The minimum absolute atomic E-state index is 0. The number of halogens is 1. The van der Waals surface area contributed by atoms with Crippen LogP contribution in [0.4, 0.5) is 0 Å². The SMILES string of the molecule is Cl.O.O.O.O.O.O.[Ru]. The Morgan fingerprint density at radius 1 is 0.375 bits per heavy atom. The molecule has 12 N–H and O–H groups in total. The van der Waals surface area contributed by atoms with Gasteiger partial charge >= 0.3 is 0 Å². The third-order valence-electron chi connectivity index (χ3n) is 0. The van der Waals surface area contributed by atoms with Gasteiger partial charge in [-0.3, -0.25) is 0 Å². The maximum absolute atomic E-state index is 0. The Kier molecular flexibility index (Phi) is 106000. The van der Waals surface area contributed by atoms with Crippen LogP contribution in [0.1, 0.15) is 0 Å². The number of hydrogen-bond acceptors (Lipinski definition) is 0. The quantitative estimate of drug-likeness (QED) is 0.372. The summed E-state index contributed by atoms with van der Waals surface area (Å²) in [7, 11) is 0. The van der Waals surface area contributed by atoms with Crippen molar-refractivity contribution >= 4 is 12.4 Å². The fourth-order valence-corrected chi connectivity index (χ4v) is 0. The van der Waals surface area contributed by atoms with Gasteiger partial charge in [-0.05, 0) is 0 Å². The normalized spacial score (nSPS) is 0. The minimum Gasteiger partial charge on any atom is -0.412 e. The standard InChI is InChI=1S/ClH.6H2O.Ru/h1H;6*1H2;. The fourth-order valence-electron chi connectivity index (χ4n) is 0.